The van der Waals surface area contributed by atoms with Gasteiger partial charge in [0.25, 0.3) is 0 Å². The molecule has 0 atom stereocenters. The summed E-state index contributed by atoms with van der Waals surface area (Å²) in [5.41, 5.74) is 0.588. The van der Waals surface area contributed by atoms with Crippen molar-refractivity contribution in [3.05, 3.63) is 51.0 Å². The van der Waals surface area contributed by atoms with Crippen LogP contribution in [0.25, 0.3) is 0 Å². The Kier molecular flexibility index (Phi) is 5.72. The van der Waals surface area contributed by atoms with Crippen molar-refractivity contribution >= 4 is 62.5 Å². The fourth-order valence-corrected chi connectivity index (χ4v) is 2.84. The van der Waals surface area contributed by atoms with Crippen molar-refractivity contribution in [2.24, 2.45) is 0 Å². The number of carbonyl (C=O) groups excluding carboxylic acids is 1. The minimum absolute atomic E-state index is 0.143. The van der Waals surface area contributed by atoms with Crippen molar-refractivity contribution in [2.45, 2.75) is 5.03 Å². The second-order valence-corrected chi connectivity index (χ2v) is 6.53. The number of pyridine rings is 1. The Morgan fingerprint density at radius 1 is 1.30 bits per heavy atom. The number of rotatable bonds is 4. The van der Waals surface area contributed by atoms with Gasteiger partial charge in [-0.15, -0.1) is 0 Å². The van der Waals surface area contributed by atoms with Crippen molar-refractivity contribution in [3.8, 4) is 0 Å². The molecule has 104 valence electrons. The lowest BCUT2D eigenvalue weighted by molar-refractivity contribution is -0.113. The lowest BCUT2D eigenvalue weighted by atomic mass is 10.3. The molecule has 0 unspecified atom stereocenters. The normalized spacial score (nSPS) is 10.3. The average Bonchev–Trinajstić information content (AvgIpc) is 2.41. The highest BCUT2D eigenvalue weighted by Crippen LogP contribution is 2.26. The lowest BCUT2D eigenvalue weighted by Crippen LogP contribution is -2.14. The molecule has 0 saturated carbocycles. The standard InChI is InChI=1S/C13H9BrCl2N2OS/c14-8-1-3-11(10(16)5-8)18-12(19)7-20-13-4-2-9(15)6-17-13/h1-6H,7H2,(H,18,19). The Morgan fingerprint density at radius 2 is 2.10 bits per heavy atom. The number of nitrogens with zero attached hydrogens (tertiary/aromatic N) is 1. The summed E-state index contributed by atoms with van der Waals surface area (Å²) in [4.78, 5) is 15.9. The van der Waals surface area contributed by atoms with Gasteiger partial charge in [-0.25, -0.2) is 4.98 Å². The predicted molar refractivity (Wildman–Crippen MR) is 87.8 cm³/mol. The highest BCUT2D eigenvalue weighted by atomic mass is 79.9. The summed E-state index contributed by atoms with van der Waals surface area (Å²) in [5, 5.41) is 4.55. The molecule has 0 saturated heterocycles. The van der Waals surface area contributed by atoms with Gasteiger partial charge in [-0.1, -0.05) is 50.9 Å². The number of hydrogen-bond acceptors (Lipinski definition) is 3. The number of nitrogens with one attached hydrogen (secondary N) is 1. The van der Waals surface area contributed by atoms with Crippen LogP contribution in [0.15, 0.2) is 46.0 Å². The van der Waals surface area contributed by atoms with Crippen LogP contribution in [-0.2, 0) is 4.79 Å². The van der Waals surface area contributed by atoms with Crippen LogP contribution in [0.2, 0.25) is 10.0 Å². The van der Waals surface area contributed by atoms with E-state index < -0.39 is 0 Å². The third kappa shape index (κ3) is 4.66. The Labute approximate surface area is 139 Å². The van der Waals surface area contributed by atoms with Gasteiger partial charge >= 0.3 is 0 Å². The van der Waals surface area contributed by atoms with E-state index in [9.17, 15) is 4.79 Å². The van der Waals surface area contributed by atoms with Gasteiger partial charge in [0.15, 0.2) is 0 Å². The minimum atomic E-state index is -0.143. The van der Waals surface area contributed by atoms with Crippen LogP contribution in [0, 0.1) is 0 Å². The first-order valence-corrected chi connectivity index (χ1v) is 8.07. The molecule has 1 aromatic carbocycles. The fraction of sp³-hybridized carbons (Fsp3) is 0.0769. The molecule has 0 aliphatic carbocycles. The van der Waals surface area contributed by atoms with Gasteiger partial charge < -0.3 is 5.32 Å². The first-order valence-electron chi connectivity index (χ1n) is 5.54. The molecule has 1 aromatic heterocycles. The van der Waals surface area contributed by atoms with E-state index in [0.29, 0.717) is 15.7 Å². The van der Waals surface area contributed by atoms with E-state index in [2.05, 4.69) is 26.2 Å². The maximum atomic E-state index is 11.8. The van der Waals surface area contributed by atoms with Crippen LogP contribution < -0.4 is 5.32 Å². The molecular formula is C13H9BrCl2N2OS. The highest BCUT2D eigenvalue weighted by Gasteiger charge is 2.07. The summed E-state index contributed by atoms with van der Waals surface area (Å²) < 4.78 is 0.861. The molecule has 0 radical (unpaired) electrons. The number of anilines is 1. The minimum Gasteiger partial charge on any atom is -0.324 e. The van der Waals surface area contributed by atoms with Crippen LogP contribution in [0.3, 0.4) is 0 Å². The van der Waals surface area contributed by atoms with Crippen LogP contribution in [0.4, 0.5) is 5.69 Å². The Balaban J connectivity index is 1.90. The van der Waals surface area contributed by atoms with Crippen LogP contribution >= 0.6 is 50.9 Å². The number of thioether (sulfide) groups is 1. The molecule has 20 heavy (non-hydrogen) atoms. The van der Waals surface area contributed by atoms with E-state index in [1.165, 1.54) is 11.8 Å². The van der Waals surface area contributed by atoms with Gasteiger partial charge in [-0.2, -0.15) is 0 Å². The zero-order valence-electron chi connectivity index (χ0n) is 10.1. The first-order chi connectivity index (χ1) is 9.54. The molecule has 1 amide bonds. The maximum absolute atomic E-state index is 11.8. The van der Waals surface area contributed by atoms with Crippen molar-refractivity contribution in [1.29, 1.82) is 0 Å². The molecule has 1 N–H and O–H groups in total. The summed E-state index contributed by atoms with van der Waals surface area (Å²) in [6.07, 6.45) is 1.55. The van der Waals surface area contributed by atoms with Gasteiger partial charge in [-0.05, 0) is 30.3 Å². The summed E-state index contributed by atoms with van der Waals surface area (Å²) in [6.45, 7) is 0. The third-order valence-corrected chi connectivity index (χ3v) is 4.23. The first kappa shape index (κ1) is 15.6. The second kappa shape index (κ2) is 7.31. The second-order valence-electron chi connectivity index (χ2n) is 3.78. The maximum Gasteiger partial charge on any atom is 0.234 e. The molecule has 0 aliphatic rings. The van der Waals surface area contributed by atoms with Gasteiger partial charge in [-0.3, -0.25) is 4.79 Å². The number of benzene rings is 1. The van der Waals surface area contributed by atoms with Crippen molar-refractivity contribution < 1.29 is 4.79 Å². The SMILES string of the molecule is O=C(CSc1ccc(Cl)cn1)Nc1ccc(Br)cc1Cl. The van der Waals surface area contributed by atoms with Crippen LogP contribution in [0.1, 0.15) is 0 Å². The van der Waals surface area contributed by atoms with Crippen LogP contribution in [0.5, 0.6) is 0 Å². The molecular weight excluding hydrogens is 383 g/mol. The smallest absolute Gasteiger partial charge is 0.234 e. The van der Waals surface area contributed by atoms with Gasteiger partial charge in [0.1, 0.15) is 0 Å². The van der Waals surface area contributed by atoms with E-state index >= 15 is 0 Å². The highest BCUT2D eigenvalue weighted by molar-refractivity contribution is 9.10. The number of hydrogen-bond donors (Lipinski definition) is 1. The molecule has 0 bridgehead atoms. The lowest BCUT2D eigenvalue weighted by Gasteiger charge is -2.07. The third-order valence-electron chi connectivity index (χ3n) is 2.26. The Morgan fingerprint density at radius 3 is 2.75 bits per heavy atom. The molecule has 2 aromatic rings. The largest absolute Gasteiger partial charge is 0.324 e. The number of halogens is 3. The van der Waals surface area contributed by atoms with Crippen molar-refractivity contribution in [2.75, 3.05) is 11.1 Å². The Bertz CT molecular complexity index is 622. The van der Waals surface area contributed by atoms with E-state index in [1.807, 2.05) is 6.07 Å². The average molecular weight is 392 g/mol. The molecule has 3 nitrogen and oxygen atoms in total. The molecule has 7 heteroatoms. The number of amides is 1. The summed E-state index contributed by atoms with van der Waals surface area (Å²) in [7, 11) is 0. The molecule has 0 aliphatic heterocycles. The monoisotopic (exact) mass is 390 g/mol. The Hall–Kier alpha value is -0.750. The van der Waals surface area contributed by atoms with E-state index in [-0.39, 0.29) is 11.7 Å². The van der Waals surface area contributed by atoms with Gasteiger partial charge in [0.05, 0.1) is 26.5 Å². The molecule has 1 heterocycles. The molecule has 0 fully saturated rings. The summed E-state index contributed by atoms with van der Waals surface area (Å²) >= 11 is 16.4. The quantitative estimate of drug-likeness (QED) is 0.755. The summed E-state index contributed by atoms with van der Waals surface area (Å²) in [5.74, 6) is 0.108. The van der Waals surface area contributed by atoms with E-state index in [1.54, 1.807) is 30.5 Å². The zero-order valence-corrected chi connectivity index (χ0v) is 14.0. The number of carbonyl (C=O) groups is 1. The van der Waals surface area contributed by atoms with Gasteiger partial charge in [0, 0.05) is 10.7 Å². The topological polar surface area (TPSA) is 42.0 Å². The van der Waals surface area contributed by atoms with Crippen molar-refractivity contribution in [3.63, 3.8) is 0 Å². The van der Waals surface area contributed by atoms with E-state index in [0.717, 1.165) is 9.50 Å². The van der Waals surface area contributed by atoms with Crippen molar-refractivity contribution in [1.82, 2.24) is 4.98 Å². The molecule has 0 spiro atoms. The zero-order chi connectivity index (χ0) is 14.5. The fourth-order valence-electron chi connectivity index (χ4n) is 1.36. The predicted octanol–water partition coefficient (Wildman–Crippen LogP) is 4.88. The van der Waals surface area contributed by atoms with E-state index in [4.69, 9.17) is 23.2 Å². The summed E-state index contributed by atoms with van der Waals surface area (Å²) in [6, 6.07) is 8.79. The number of aromatic nitrogens is 1. The van der Waals surface area contributed by atoms with Gasteiger partial charge in [0.2, 0.25) is 5.91 Å². The van der Waals surface area contributed by atoms with Crippen LogP contribution in [-0.4, -0.2) is 16.6 Å². The molecule has 2 rings (SSSR count).